The van der Waals surface area contributed by atoms with Crippen molar-refractivity contribution in [1.29, 1.82) is 0 Å². The van der Waals surface area contributed by atoms with E-state index in [2.05, 4.69) is 35.0 Å². The van der Waals surface area contributed by atoms with Crippen molar-refractivity contribution in [3.05, 3.63) is 98.9 Å². The SMILES string of the molecule is Cc1cccc(COc2ccccc2C=C2SC(=S)N(c3ccc(Br)cc3)C2=O)c1. The fraction of sp³-hybridized carbons (Fsp3) is 0.0833. The molecular formula is C24H18BrNO2S2. The van der Waals surface area contributed by atoms with E-state index >= 15 is 0 Å². The van der Waals surface area contributed by atoms with Crippen LogP contribution in [0.4, 0.5) is 5.69 Å². The first kappa shape index (κ1) is 20.8. The number of thiocarbonyl (C=S) groups is 1. The molecule has 0 aliphatic carbocycles. The summed E-state index contributed by atoms with van der Waals surface area (Å²) in [5, 5.41) is 0. The molecule has 150 valence electrons. The van der Waals surface area contributed by atoms with Crippen molar-refractivity contribution in [2.75, 3.05) is 4.90 Å². The summed E-state index contributed by atoms with van der Waals surface area (Å²) in [7, 11) is 0. The number of carbonyl (C=O) groups excluding carboxylic acids is 1. The van der Waals surface area contributed by atoms with E-state index in [1.54, 1.807) is 4.90 Å². The Bertz CT molecular complexity index is 1140. The lowest BCUT2D eigenvalue weighted by Gasteiger charge is -2.14. The molecule has 3 aromatic rings. The average molecular weight is 496 g/mol. The summed E-state index contributed by atoms with van der Waals surface area (Å²) in [6.45, 7) is 2.53. The van der Waals surface area contributed by atoms with Crippen LogP contribution < -0.4 is 9.64 Å². The monoisotopic (exact) mass is 495 g/mol. The number of para-hydroxylation sites is 1. The Hall–Kier alpha value is -2.41. The number of hydrogen-bond donors (Lipinski definition) is 0. The molecule has 0 N–H and O–H groups in total. The van der Waals surface area contributed by atoms with Crippen molar-refractivity contribution < 1.29 is 9.53 Å². The molecule has 0 bridgehead atoms. The molecule has 0 unspecified atom stereocenters. The van der Waals surface area contributed by atoms with Crippen molar-refractivity contribution in [2.45, 2.75) is 13.5 Å². The van der Waals surface area contributed by atoms with Gasteiger partial charge in [-0.1, -0.05) is 87.9 Å². The van der Waals surface area contributed by atoms with E-state index in [9.17, 15) is 4.79 Å². The fourth-order valence-corrected chi connectivity index (χ4v) is 4.67. The van der Waals surface area contributed by atoms with E-state index in [0.717, 1.165) is 27.0 Å². The van der Waals surface area contributed by atoms with Crippen LogP contribution in [0, 0.1) is 6.92 Å². The number of benzene rings is 3. The zero-order valence-corrected chi connectivity index (χ0v) is 19.4. The van der Waals surface area contributed by atoms with Gasteiger partial charge in [0.1, 0.15) is 12.4 Å². The number of thioether (sulfide) groups is 1. The van der Waals surface area contributed by atoms with Crippen LogP contribution in [0.5, 0.6) is 5.75 Å². The highest BCUT2D eigenvalue weighted by molar-refractivity contribution is 9.10. The maximum absolute atomic E-state index is 13.0. The lowest BCUT2D eigenvalue weighted by molar-refractivity contribution is -0.113. The van der Waals surface area contributed by atoms with Gasteiger partial charge in [0.2, 0.25) is 0 Å². The molecule has 1 saturated heterocycles. The van der Waals surface area contributed by atoms with Crippen LogP contribution in [-0.2, 0) is 11.4 Å². The molecule has 1 fully saturated rings. The Morgan fingerprint density at radius 2 is 1.83 bits per heavy atom. The Kier molecular flexibility index (Phi) is 6.37. The maximum Gasteiger partial charge on any atom is 0.270 e. The highest BCUT2D eigenvalue weighted by atomic mass is 79.9. The first-order chi connectivity index (χ1) is 14.5. The number of nitrogens with zero attached hydrogens (tertiary/aromatic N) is 1. The number of aryl methyl sites for hydroxylation is 1. The number of halogens is 1. The van der Waals surface area contributed by atoms with Crippen molar-refractivity contribution in [1.82, 2.24) is 0 Å². The molecule has 0 aromatic heterocycles. The first-order valence-electron chi connectivity index (χ1n) is 9.32. The van der Waals surface area contributed by atoms with E-state index in [0.29, 0.717) is 15.8 Å². The average Bonchev–Trinajstić information content (AvgIpc) is 3.01. The smallest absolute Gasteiger partial charge is 0.270 e. The summed E-state index contributed by atoms with van der Waals surface area (Å²) < 4.78 is 7.53. The van der Waals surface area contributed by atoms with E-state index in [1.165, 1.54) is 17.3 Å². The minimum atomic E-state index is -0.124. The van der Waals surface area contributed by atoms with Crippen LogP contribution >= 0.6 is 39.9 Å². The van der Waals surface area contributed by atoms with Crippen molar-refractivity contribution in [2.24, 2.45) is 0 Å². The summed E-state index contributed by atoms with van der Waals surface area (Å²) in [4.78, 5) is 15.2. The molecule has 1 amide bonds. The molecule has 0 spiro atoms. The number of carbonyl (C=O) groups is 1. The van der Waals surface area contributed by atoms with Crippen molar-refractivity contribution in [3.63, 3.8) is 0 Å². The maximum atomic E-state index is 13.0. The van der Waals surface area contributed by atoms with Crippen LogP contribution in [-0.4, -0.2) is 10.2 Å². The molecule has 0 radical (unpaired) electrons. The topological polar surface area (TPSA) is 29.5 Å². The summed E-state index contributed by atoms with van der Waals surface area (Å²) in [6, 6.07) is 23.5. The molecule has 0 atom stereocenters. The predicted octanol–water partition coefficient (Wildman–Crippen LogP) is 6.74. The molecule has 4 rings (SSSR count). The van der Waals surface area contributed by atoms with Crippen molar-refractivity contribution >= 4 is 61.9 Å². The van der Waals surface area contributed by atoms with E-state index in [-0.39, 0.29) is 5.91 Å². The highest BCUT2D eigenvalue weighted by Gasteiger charge is 2.33. The Morgan fingerprint density at radius 3 is 2.60 bits per heavy atom. The predicted molar refractivity (Wildman–Crippen MR) is 132 cm³/mol. The van der Waals surface area contributed by atoms with Gasteiger partial charge in [-0.25, -0.2) is 0 Å². The number of rotatable bonds is 5. The molecule has 30 heavy (non-hydrogen) atoms. The van der Waals surface area contributed by atoms with Crippen LogP contribution in [0.3, 0.4) is 0 Å². The number of hydrogen-bond acceptors (Lipinski definition) is 4. The van der Waals surface area contributed by atoms with Gasteiger partial charge in [-0.05, 0) is 48.9 Å². The number of ether oxygens (including phenoxy) is 1. The zero-order valence-electron chi connectivity index (χ0n) is 16.2. The second-order valence-corrected chi connectivity index (χ2v) is 9.40. The number of amides is 1. The lowest BCUT2D eigenvalue weighted by atomic mass is 10.1. The molecule has 3 nitrogen and oxygen atoms in total. The van der Waals surface area contributed by atoms with Crippen LogP contribution in [0.2, 0.25) is 0 Å². The summed E-state index contributed by atoms with van der Waals surface area (Å²) >= 11 is 10.2. The van der Waals surface area contributed by atoms with Gasteiger partial charge in [0.05, 0.1) is 10.6 Å². The normalized spacial score (nSPS) is 15.1. The fourth-order valence-electron chi connectivity index (χ4n) is 3.12. The third-order valence-electron chi connectivity index (χ3n) is 4.56. The lowest BCUT2D eigenvalue weighted by Crippen LogP contribution is -2.27. The van der Waals surface area contributed by atoms with Gasteiger partial charge in [-0.3, -0.25) is 9.69 Å². The first-order valence-corrected chi connectivity index (χ1v) is 11.3. The van der Waals surface area contributed by atoms with E-state index in [1.807, 2.05) is 66.7 Å². The minimum Gasteiger partial charge on any atom is -0.488 e. The number of anilines is 1. The van der Waals surface area contributed by atoms with Gasteiger partial charge < -0.3 is 4.74 Å². The molecule has 1 aliphatic rings. The second kappa shape index (κ2) is 9.16. The largest absolute Gasteiger partial charge is 0.488 e. The van der Waals surface area contributed by atoms with Crippen LogP contribution in [0.1, 0.15) is 16.7 Å². The summed E-state index contributed by atoms with van der Waals surface area (Å²) in [5.74, 6) is 0.605. The Morgan fingerprint density at radius 1 is 1.07 bits per heavy atom. The summed E-state index contributed by atoms with van der Waals surface area (Å²) in [6.07, 6.45) is 1.85. The standard InChI is InChI=1S/C24H18BrNO2S2/c1-16-5-4-6-17(13-16)15-28-21-8-3-2-7-18(21)14-22-23(27)26(24(29)30-22)20-11-9-19(25)10-12-20/h2-14H,15H2,1H3. The van der Waals surface area contributed by atoms with Gasteiger partial charge in [0, 0.05) is 10.0 Å². The second-order valence-electron chi connectivity index (χ2n) is 6.81. The van der Waals surface area contributed by atoms with E-state index in [4.69, 9.17) is 17.0 Å². The van der Waals surface area contributed by atoms with Crippen molar-refractivity contribution in [3.8, 4) is 5.75 Å². The third kappa shape index (κ3) is 4.67. The van der Waals surface area contributed by atoms with Gasteiger partial charge in [0.25, 0.3) is 5.91 Å². The minimum absolute atomic E-state index is 0.124. The molecule has 3 aromatic carbocycles. The zero-order chi connectivity index (χ0) is 21.1. The van der Waals surface area contributed by atoms with Gasteiger partial charge in [-0.15, -0.1) is 0 Å². The molecule has 1 aliphatic heterocycles. The Labute approximate surface area is 193 Å². The Balaban J connectivity index is 1.57. The third-order valence-corrected chi connectivity index (χ3v) is 6.39. The van der Waals surface area contributed by atoms with Gasteiger partial charge in [0.15, 0.2) is 4.32 Å². The van der Waals surface area contributed by atoms with Gasteiger partial charge >= 0.3 is 0 Å². The quantitative estimate of drug-likeness (QED) is 0.289. The molecular weight excluding hydrogens is 478 g/mol. The van der Waals surface area contributed by atoms with Crippen LogP contribution in [0.25, 0.3) is 6.08 Å². The van der Waals surface area contributed by atoms with Crippen LogP contribution in [0.15, 0.2) is 82.2 Å². The summed E-state index contributed by atoms with van der Waals surface area (Å²) in [5.41, 5.74) is 3.90. The van der Waals surface area contributed by atoms with E-state index < -0.39 is 0 Å². The molecule has 1 heterocycles. The molecule has 6 heteroatoms. The molecule has 0 saturated carbocycles. The highest BCUT2D eigenvalue weighted by Crippen LogP contribution is 2.37. The van der Waals surface area contributed by atoms with Gasteiger partial charge in [-0.2, -0.15) is 0 Å².